The van der Waals surface area contributed by atoms with Gasteiger partial charge in [0.2, 0.25) is 0 Å². The van der Waals surface area contributed by atoms with Crippen molar-refractivity contribution in [2.24, 2.45) is 0 Å². The molecule has 0 saturated carbocycles. The van der Waals surface area contributed by atoms with Crippen LogP contribution in [0.2, 0.25) is 0 Å². The van der Waals surface area contributed by atoms with Gasteiger partial charge in [-0.15, -0.1) is 0 Å². The fourth-order valence-corrected chi connectivity index (χ4v) is 3.57. The molecule has 0 aromatic carbocycles. The molecule has 20 heteroatoms. The molecule has 0 aliphatic heterocycles. The van der Waals surface area contributed by atoms with Crippen molar-refractivity contribution in [2.45, 2.75) is 66.1 Å². The summed E-state index contributed by atoms with van der Waals surface area (Å²) in [5.74, 6) is -55.8. The van der Waals surface area contributed by atoms with E-state index in [1.807, 2.05) is 0 Å². The zero-order valence-electron chi connectivity index (χ0n) is 14.9. The Balaban J connectivity index is 6.98. The summed E-state index contributed by atoms with van der Waals surface area (Å²) in [7, 11) is 0. The second-order valence-corrected chi connectivity index (χ2v) is 8.49. The van der Waals surface area contributed by atoms with Crippen LogP contribution in [0.4, 0.5) is 79.0 Å². The van der Waals surface area contributed by atoms with E-state index >= 15 is 0 Å². The Morgan fingerprint density at radius 1 is 0.364 bits per heavy atom. The fourth-order valence-electron chi connectivity index (χ4n) is 2.15. The highest BCUT2D eigenvalue weighted by atomic mass is 127. The van der Waals surface area contributed by atoms with Gasteiger partial charge in [-0.1, -0.05) is 45.2 Å². The first kappa shape index (κ1) is 33.2. The molecule has 0 amide bonds. The average Bonchev–Trinajstić information content (AvgIpc) is 2.59. The second-order valence-electron chi connectivity index (χ2n) is 6.33. The maximum atomic E-state index is 13.9. The third-order valence-corrected chi connectivity index (χ3v) is 5.30. The van der Waals surface area contributed by atoms with E-state index in [9.17, 15) is 79.0 Å². The van der Waals surface area contributed by atoms with Crippen LogP contribution in [0.15, 0.2) is 0 Å². The lowest BCUT2D eigenvalue weighted by Gasteiger charge is -2.45. The SMILES string of the molecule is FC(F)(F)C(F)(CCI)C(F)(F)C(F)(F)C(F)(F)C(F)(F)C(F)(F)C(F)(F)C(F)(F)CCI. The van der Waals surface area contributed by atoms with Crippen LogP contribution in [0.3, 0.4) is 0 Å². The Kier molecular flexibility index (Phi) is 9.31. The van der Waals surface area contributed by atoms with Crippen molar-refractivity contribution in [3.63, 3.8) is 0 Å². The van der Waals surface area contributed by atoms with Gasteiger partial charge in [0.15, 0.2) is 0 Å². The van der Waals surface area contributed by atoms with E-state index < -0.39 is 75.0 Å². The normalized spacial score (nSPS) is 17.8. The molecule has 1 unspecified atom stereocenters. The van der Waals surface area contributed by atoms with Crippen LogP contribution >= 0.6 is 45.2 Å². The quantitative estimate of drug-likeness (QED) is 0.113. The van der Waals surface area contributed by atoms with Gasteiger partial charge in [-0.05, 0) is 0 Å². The molecule has 0 spiro atoms. The Morgan fingerprint density at radius 3 is 0.909 bits per heavy atom. The molecule has 0 aliphatic carbocycles. The van der Waals surface area contributed by atoms with Crippen LogP contribution in [0.1, 0.15) is 12.8 Å². The minimum atomic E-state index is -8.62. The first-order valence-corrected chi connectivity index (χ1v) is 10.7. The average molecular weight is 760 g/mol. The Morgan fingerprint density at radius 2 is 0.636 bits per heavy atom. The van der Waals surface area contributed by atoms with Gasteiger partial charge in [-0.25, -0.2) is 4.39 Å². The highest BCUT2D eigenvalue weighted by Gasteiger charge is 2.95. The standard InChI is InChI=1S/C13H8F18I2/c14-5(1-3-32,13(29,30)31)7(17,18)9(21,22)11(25,26)12(27,28)10(23,24)8(19,20)6(15,16)2-4-33/h1-4H2. The summed E-state index contributed by atoms with van der Waals surface area (Å²) < 4.78 is 239. The first-order valence-electron chi connectivity index (χ1n) is 7.64. The van der Waals surface area contributed by atoms with Crippen molar-refractivity contribution < 1.29 is 79.0 Å². The van der Waals surface area contributed by atoms with E-state index in [1.54, 1.807) is 0 Å². The van der Waals surface area contributed by atoms with Gasteiger partial charge in [0.25, 0.3) is 5.67 Å². The number of hydrogen-bond acceptors (Lipinski definition) is 0. The predicted molar refractivity (Wildman–Crippen MR) is 91.5 cm³/mol. The van der Waals surface area contributed by atoms with Crippen molar-refractivity contribution in [3.8, 4) is 0 Å². The Hall–Kier alpha value is 0.200. The summed E-state index contributed by atoms with van der Waals surface area (Å²) in [5, 5.41) is 0. The summed E-state index contributed by atoms with van der Waals surface area (Å²) in [6.45, 7) is 0. The van der Waals surface area contributed by atoms with Gasteiger partial charge in [0, 0.05) is 21.7 Å². The van der Waals surface area contributed by atoms with Gasteiger partial charge in [0.05, 0.1) is 0 Å². The molecule has 0 fully saturated rings. The third kappa shape index (κ3) is 4.57. The topological polar surface area (TPSA) is 0 Å². The minimum Gasteiger partial charge on any atom is -0.227 e. The van der Waals surface area contributed by atoms with Gasteiger partial charge in [0.1, 0.15) is 0 Å². The summed E-state index contributed by atoms with van der Waals surface area (Å²) >= 11 is 1.44. The Bertz CT molecular complexity index is 683. The zero-order valence-corrected chi connectivity index (χ0v) is 19.2. The molecule has 200 valence electrons. The maximum Gasteiger partial charge on any atom is 0.428 e. The van der Waals surface area contributed by atoms with Crippen LogP contribution in [-0.2, 0) is 0 Å². The van der Waals surface area contributed by atoms with Crippen LogP contribution < -0.4 is 0 Å². The van der Waals surface area contributed by atoms with E-state index in [0.717, 1.165) is 22.6 Å². The fraction of sp³-hybridized carbons (Fsp3) is 1.00. The molecule has 0 aromatic heterocycles. The number of halogens is 20. The molecule has 0 bridgehead atoms. The van der Waals surface area contributed by atoms with Crippen molar-refractivity contribution in [1.29, 1.82) is 0 Å². The minimum absolute atomic E-state index is 0.641. The number of alkyl halides is 20. The zero-order chi connectivity index (χ0) is 27.3. The lowest BCUT2D eigenvalue weighted by atomic mass is 9.82. The molecular formula is C13H8F18I2. The molecule has 0 N–H and O–H groups in total. The van der Waals surface area contributed by atoms with Crippen LogP contribution in [-0.4, -0.2) is 62.2 Å². The van der Waals surface area contributed by atoms with Crippen LogP contribution in [0, 0.1) is 0 Å². The summed E-state index contributed by atoms with van der Waals surface area (Å²) in [6.07, 6.45) is -12.4. The molecular weight excluding hydrogens is 752 g/mol. The molecule has 1 atom stereocenters. The molecule has 0 aliphatic rings. The lowest BCUT2D eigenvalue weighted by Crippen LogP contribution is -2.76. The third-order valence-electron chi connectivity index (χ3n) is 4.23. The van der Waals surface area contributed by atoms with E-state index in [2.05, 4.69) is 0 Å². The molecule has 0 rings (SSSR count). The van der Waals surface area contributed by atoms with Crippen molar-refractivity contribution in [2.75, 3.05) is 8.86 Å². The van der Waals surface area contributed by atoms with E-state index in [0.29, 0.717) is 22.6 Å². The van der Waals surface area contributed by atoms with Gasteiger partial charge >= 0.3 is 47.6 Å². The smallest absolute Gasteiger partial charge is 0.227 e. The van der Waals surface area contributed by atoms with Gasteiger partial charge < -0.3 is 0 Å². The number of hydrogen-bond donors (Lipinski definition) is 0. The van der Waals surface area contributed by atoms with Gasteiger partial charge in [-0.3, -0.25) is 0 Å². The second kappa shape index (κ2) is 9.25. The maximum absolute atomic E-state index is 13.9. The lowest BCUT2D eigenvalue weighted by molar-refractivity contribution is -0.457. The van der Waals surface area contributed by atoms with Crippen LogP contribution in [0.25, 0.3) is 0 Å². The summed E-state index contributed by atoms with van der Waals surface area (Å²) in [4.78, 5) is 0. The van der Waals surface area contributed by atoms with Crippen molar-refractivity contribution in [1.82, 2.24) is 0 Å². The summed E-state index contributed by atoms with van der Waals surface area (Å²) in [5.41, 5.74) is -6.76. The van der Waals surface area contributed by atoms with E-state index in [-0.39, 0.29) is 0 Å². The van der Waals surface area contributed by atoms with Crippen molar-refractivity contribution in [3.05, 3.63) is 0 Å². The largest absolute Gasteiger partial charge is 0.428 e. The highest BCUT2D eigenvalue weighted by molar-refractivity contribution is 14.1. The monoisotopic (exact) mass is 760 g/mol. The molecule has 33 heavy (non-hydrogen) atoms. The molecule has 0 nitrogen and oxygen atoms in total. The van der Waals surface area contributed by atoms with Crippen molar-refractivity contribution >= 4 is 45.2 Å². The predicted octanol–water partition coefficient (Wildman–Crippen LogP) is 8.35. The van der Waals surface area contributed by atoms with E-state index in [1.165, 1.54) is 0 Å². The molecule has 0 aromatic rings. The first-order chi connectivity index (χ1) is 14.1. The number of rotatable bonds is 11. The van der Waals surface area contributed by atoms with E-state index in [4.69, 9.17) is 0 Å². The highest BCUT2D eigenvalue weighted by Crippen LogP contribution is 2.65. The Labute approximate surface area is 199 Å². The molecule has 0 saturated heterocycles. The molecule has 0 radical (unpaired) electrons. The summed E-state index contributed by atoms with van der Waals surface area (Å²) in [6, 6.07) is 0. The van der Waals surface area contributed by atoms with Gasteiger partial charge in [-0.2, -0.15) is 74.6 Å². The van der Waals surface area contributed by atoms with Crippen LogP contribution in [0.5, 0.6) is 0 Å². The molecule has 0 heterocycles.